The topological polar surface area (TPSA) is 116 Å². The van der Waals surface area contributed by atoms with Crippen molar-refractivity contribution in [2.75, 3.05) is 6.61 Å². The quantitative estimate of drug-likeness (QED) is 0.561. The minimum atomic E-state index is -0.903. The molecule has 2 aromatic rings. The number of nitrogens with zero attached hydrogens (tertiary/aromatic N) is 2. The number of amides is 3. The Labute approximate surface area is 166 Å². The van der Waals surface area contributed by atoms with Gasteiger partial charge in [0.1, 0.15) is 0 Å². The number of carbonyl (C=O) groups is 2. The highest BCUT2D eigenvalue weighted by molar-refractivity contribution is 8.00. The summed E-state index contributed by atoms with van der Waals surface area (Å²) in [6, 6.07) is 6.22. The first-order valence-corrected chi connectivity index (χ1v) is 10.1. The van der Waals surface area contributed by atoms with Crippen molar-refractivity contribution >= 4 is 34.6 Å². The van der Waals surface area contributed by atoms with E-state index >= 15 is 0 Å². The van der Waals surface area contributed by atoms with Crippen LogP contribution < -0.4 is 16.6 Å². The monoisotopic (exact) mass is 404 g/mol. The Morgan fingerprint density at radius 1 is 1.39 bits per heavy atom. The average Bonchev–Trinajstić information content (AvgIpc) is 3.14. The van der Waals surface area contributed by atoms with Crippen LogP contribution in [0.3, 0.4) is 0 Å². The number of nitrogens with one attached hydrogen (secondary N) is 1. The lowest BCUT2D eigenvalue weighted by atomic mass is 10.1. The average molecular weight is 404 g/mol. The van der Waals surface area contributed by atoms with Crippen LogP contribution in [0.15, 0.2) is 34.2 Å². The summed E-state index contributed by atoms with van der Waals surface area (Å²) in [4.78, 5) is 41.3. The normalized spacial score (nSPS) is 17.8. The molecule has 1 aliphatic heterocycles. The molecule has 3 rings (SSSR count). The highest BCUT2D eigenvalue weighted by Crippen LogP contribution is 2.28. The van der Waals surface area contributed by atoms with Crippen LogP contribution in [-0.2, 0) is 16.1 Å². The molecule has 3 amide bonds. The van der Waals surface area contributed by atoms with E-state index in [4.69, 9.17) is 10.5 Å². The van der Waals surface area contributed by atoms with Crippen molar-refractivity contribution < 1.29 is 14.3 Å². The van der Waals surface area contributed by atoms with Crippen molar-refractivity contribution in [2.24, 2.45) is 11.7 Å². The molecule has 0 saturated carbocycles. The van der Waals surface area contributed by atoms with E-state index in [-0.39, 0.29) is 17.6 Å². The van der Waals surface area contributed by atoms with Crippen molar-refractivity contribution in [3.63, 3.8) is 0 Å². The Morgan fingerprint density at radius 3 is 2.79 bits per heavy atom. The van der Waals surface area contributed by atoms with Gasteiger partial charge in [0.25, 0.3) is 5.56 Å². The van der Waals surface area contributed by atoms with Gasteiger partial charge in [-0.05, 0) is 30.9 Å². The Morgan fingerprint density at radius 2 is 2.14 bits per heavy atom. The molecule has 1 aliphatic rings. The molecule has 0 radical (unpaired) electrons. The van der Waals surface area contributed by atoms with Crippen molar-refractivity contribution in [2.45, 2.75) is 49.7 Å². The highest BCUT2D eigenvalue weighted by atomic mass is 32.2. The number of imide groups is 1. The summed E-state index contributed by atoms with van der Waals surface area (Å²) < 4.78 is 7.27. The van der Waals surface area contributed by atoms with Gasteiger partial charge in [-0.1, -0.05) is 37.7 Å². The lowest BCUT2D eigenvalue weighted by Gasteiger charge is -2.22. The molecule has 1 aromatic heterocycles. The van der Waals surface area contributed by atoms with E-state index in [9.17, 15) is 14.4 Å². The minimum absolute atomic E-state index is 0.0584. The molecule has 0 bridgehead atoms. The number of fused-ring (bicyclic) bond motifs is 1. The van der Waals surface area contributed by atoms with Crippen molar-refractivity contribution in [1.82, 2.24) is 14.9 Å². The maximum Gasteiger partial charge on any atom is 0.318 e. The molecule has 8 nitrogen and oxygen atoms in total. The van der Waals surface area contributed by atoms with Gasteiger partial charge >= 0.3 is 6.03 Å². The highest BCUT2D eigenvalue weighted by Gasteiger charge is 2.28. The molecule has 2 heterocycles. The van der Waals surface area contributed by atoms with Gasteiger partial charge in [-0.3, -0.25) is 19.5 Å². The van der Waals surface area contributed by atoms with E-state index in [2.05, 4.69) is 10.3 Å². The Hall–Kier alpha value is -2.39. The number of aromatic nitrogens is 2. The predicted octanol–water partition coefficient (Wildman–Crippen LogP) is 1.89. The zero-order valence-corrected chi connectivity index (χ0v) is 16.7. The van der Waals surface area contributed by atoms with Crippen LogP contribution in [0.2, 0.25) is 0 Å². The molecule has 0 unspecified atom stereocenters. The number of primary amides is 1. The zero-order chi connectivity index (χ0) is 20.3. The number of carbonyl (C=O) groups excluding carboxylic acids is 2. The fourth-order valence-corrected chi connectivity index (χ4v) is 4.29. The lowest BCUT2D eigenvalue weighted by Crippen LogP contribution is -2.42. The molecule has 1 aromatic carbocycles. The Balaban J connectivity index is 2.02. The molecule has 1 fully saturated rings. The number of ether oxygens (including phenoxy) is 1. The van der Waals surface area contributed by atoms with Gasteiger partial charge < -0.3 is 10.5 Å². The summed E-state index contributed by atoms with van der Waals surface area (Å²) in [5.74, 6) is -0.609. The minimum Gasteiger partial charge on any atom is -0.376 e. The van der Waals surface area contributed by atoms with E-state index < -0.39 is 17.2 Å². The maximum absolute atomic E-state index is 13.1. The van der Waals surface area contributed by atoms with Crippen molar-refractivity contribution in [1.29, 1.82) is 0 Å². The Kier molecular flexibility index (Phi) is 6.35. The first kappa shape index (κ1) is 20.3. The number of urea groups is 1. The first-order chi connectivity index (χ1) is 13.4. The van der Waals surface area contributed by atoms with E-state index in [1.54, 1.807) is 22.8 Å². The van der Waals surface area contributed by atoms with Crippen LogP contribution in [0.5, 0.6) is 0 Å². The Bertz CT molecular complexity index is 937. The number of hydrogen-bond donors (Lipinski definition) is 2. The third kappa shape index (κ3) is 4.53. The van der Waals surface area contributed by atoms with Crippen LogP contribution in [0, 0.1) is 5.92 Å². The summed E-state index contributed by atoms with van der Waals surface area (Å²) in [7, 11) is 0. The van der Waals surface area contributed by atoms with E-state index in [1.807, 2.05) is 19.9 Å². The number of para-hydroxylation sites is 1. The second kappa shape index (κ2) is 8.74. The molecule has 0 aliphatic carbocycles. The first-order valence-electron chi connectivity index (χ1n) is 9.25. The van der Waals surface area contributed by atoms with Gasteiger partial charge in [0.2, 0.25) is 5.91 Å². The van der Waals surface area contributed by atoms with Gasteiger partial charge in [0.05, 0.1) is 28.8 Å². The van der Waals surface area contributed by atoms with Crippen LogP contribution in [0.4, 0.5) is 4.79 Å². The predicted molar refractivity (Wildman–Crippen MR) is 107 cm³/mol. The third-order valence-electron chi connectivity index (χ3n) is 4.58. The van der Waals surface area contributed by atoms with Gasteiger partial charge in [0.15, 0.2) is 5.16 Å². The second-order valence-corrected chi connectivity index (χ2v) is 8.21. The number of benzene rings is 1. The van der Waals surface area contributed by atoms with Crippen LogP contribution in [-0.4, -0.2) is 39.5 Å². The van der Waals surface area contributed by atoms with Crippen LogP contribution in [0.1, 0.15) is 26.7 Å². The smallest absolute Gasteiger partial charge is 0.318 e. The number of hydrogen-bond acceptors (Lipinski definition) is 6. The zero-order valence-electron chi connectivity index (χ0n) is 15.9. The standard InChI is InChI=1S/C19H24N4O4S/c1-11(2)15(16(24)22-18(20)26)28-19-21-14-8-4-3-7-13(14)17(25)23(19)10-12-6-5-9-27-12/h3-4,7-8,11-12,15H,5-6,9-10H2,1-2H3,(H3,20,22,24,26)/t12-,15-/m1/s1. The van der Waals surface area contributed by atoms with E-state index in [1.165, 1.54) is 0 Å². The summed E-state index contributed by atoms with van der Waals surface area (Å²) in [5.41, 5.74) is 5.50. The second-order valence-electron chi connectivity index (χ2n) is 7.10. The molecule has 2 atom stereocenters. The maximum atomic E-state index is 13.1. The molecule has 3 N–H and O–H groups in total. The van der Waals surface area contributed by atoms with E-state index in [0.29, 0.717) is 29.2 Å². The van der Waals surface area contributed by atoms with Gasteiger partial charge in [-0.2, -0.15) is 0 Å². The SMILES string of the molecule is CC(C)[C@@H](Sc1nc2ccccc2c(=O)n1C[C@H]1CCCO1)C(=O)NC(N)=O. The van der Waals surface area contributed by atoms with Gasteiger partial charge in [-0.15, -0.1) is 0 Å². The molecular weight excluding hydrogens is 380 g/mol. The van der Waals surface area contributed by atoms with Gasteiger partial charge in [-0.25, -0.2) is 9.78 Å². The van der Waals surface area contributed by atoms with Crippen molar-refractivity contribution in [3.05, 3.63) is 34.6 Å². The molecule has 9 heteroatoms. The summed E-state index contributed by atoms with van der Waals surface area (Å²) in [6.45, 7) is 4.78. The summed E-state index contributed by atoms with van der Waals surface area (Å²) in [6.07, 6.45) is 1.77. The molecule has 28 heavy (non-hydrogen) atoms. The fraction of sp³-hybridized carbons (Fsp3) is 0.474. The molecule has 0 spiro atoms. The lowest BCUT2D eigenvalue weighted by molar-refractivity contribution is -0.120. The summed E-state index contributed by atoms with van der Waals surface area (Å²) in [5, 5.41) is 2.45. The van der Waals surface area contributed by atoms with Crippen LogP contribution >= 0.6 is 11.8 Å². The number of nitrogens with two attached hydrogens (primary N) is 1. The summed E-state index contributed by atoms with van der Waals surface area (Å²) >= 11 is 1.16. The number of thioether (sulfide) groups is 1. The molecule has 150 valence electrons. The fourth-order valence-electron chi connectivity index (χ4n) is 3.19. The van der Waals surface area contributed by atoms with Gasteiger partial charge in [0, 0.05) is 6.61 Å². The number of rotatable bonds is 6. The van der Waals surface area contributed by atoms with Crippen molar-refractivity contribution in [3.8, 4) is 0 Å². The van der Waals surface area contributed by atoms with Crippen LogP contribution in [0.25, 0.3) is 10.9 Å². The molecular formula is C19H24N4O4S. The third-order valence-corrected chi connectivity index (χ3v) is 6.11. The van der Waals surface area contributed by atoms with E-state index in [0.717, 1.165) is 24.6 Å². The largest absolute Gasteiger partial charge is 0.376 e. The molecule has 1 saturated heterocycles.